The van der Waals surface area contributed by atoms with Crippen LogP contribution in [0.25, 0.3) is 0 Å². The van der Waals surface area contributed by atoms with Gasteiger partial charge in [-0.15, -0.1) is 4.72 Å². The highest BCUT2D eigenvalue weighted by Crippen LogP contribution is 2.26. The van der Waals surface area contributed by atoms with Crippen molar-refractivity contribution in [2.45, 2.75) is 57.7 Å². The molecule has 0 saturated heterocycles. The Morgan fingerprint density at radius 2 is 1.89 bits per heavy atom. The van der Waals surface area contributed by atoms with E-state index < -0.39 is 11.4 Å². The zero-order valence-electron chi connectivity index (χ0n) is 11.7. The lowest BCUT2D eigenvalue weighted by Crippen LogP contribution is -2.40. The first kappa shape index (κ1) is 13.9. The summed E-state index contributed by atoms with van der Waals surface area (Å²) in [7, 11) is 0. The molecular weight excluding hydrogens is 242 g/mol. The van der Waals surface area contributed by atoms with E-state index in [-0.39, 0.29) is 10.8 Å². The Kier molecular flexibility index (Phi) is 4.05. The van der Waals surface area contributed by atoms with E-state index in [9.17, 15) is 4.55 Å². The highest BCUT2D eigenvalue weighted by Gasteiger charge is 2.28. The summed E-state index contributed by atoms with van der Waals surface area (Å²) in [5, 5.41) is 0. The van der Waals surface area contributed by atoms with Crippen LogP contribution in [0.4, 0.5) is 0 Å². The van der Waals surface area contributed by atoms with Crippen molar-refractivity contribution in [3.63, 3.8) is 0 Å². The first-order valence-electron chi connectivity index (χ1n) is 6.67. The van der Waals surface area contributed by atoms with Crippen LogP contribution in [0.15, 0.2) is 18.2 Å². The smallest absolute Gasteiger partial charge is 0.136 e. The van der Waals surface area contributed by atoms with Crippen molar-refractivity contribution in [2.24, 2.45) is 0 Å². The highest BCUT2D eigenvalue weighted by molar-refractivity contribution is 7.90. The van der Waals surface area contributed by atoms with Gasteiger partial charge in [-0.1, -0.05) is 18.2 Å². The van der Waals surface area contributed by atoms with E-state index in [4.69, 9.17) is 0 Å². The molecule has 0 radical (unpaired) electrons. The Bertz CT molecular complexity index is 425. The van der Waals surface area contributed by atoms with Gasteiger partial charge in [0.2, 0.25) is 0 Å². The van der Waals surface area contributed by atoms with Crippen LogP contribution in [-0.4, -0.2) is 9.30 Å². The van der Waals surface area contributed by atoms with E-state index in [0.717, 1.165) is 0 Å². The standard InChI is InChI=1S/C15H23NOS/c1-11(16-18(17)15(2,3)4)13-9-8-12-6-5-7-14(12)10-13/h8-11,16H,5-7H2,1-4H3/t11?,18-/m1/s1. The summed E-state index contributed by atoms with van der Waals surface area (Å²) >= 11 is -1.02. The second-order valence-electron chi connectivity index (χ2n) is 6.10. The van der Waals surface area contributed by atoms with Crippen molar-refractivity contribution in [2.75, 3.05) is 0 Å². The zero-order chi connectivity index (χ0) is 13.3. The fourth-order valence-corrected chi connectivity index (χ4v) is 3.08. The van der Waals surface area contributed by atoms with Gasteiger partial charge in [0, 0.05) is 11.4 Å². The molecule has 18 heavy (non-hydrogen) atoms. The van der Waals surface area contributed by atoms with Crippen molar-refractivity contribution in [3.8, 4) is 0 Å². The predicted octanol–water partition coefficient (Wildman–Crippen LogP) is 3.29. The van der Waals surface area contributed by atoms with Gasteiger partial charge in [-0.05, 0) is 63.6 Å². The maximum atomic E-state index is 12.1. The minimum absolute atomic E-state index is 0.135. The third-order valence-electron chi connectivity index (χ3n) is 3.46. The van der Waals surface area contributed by atoms with E-state index in [0.29, 0.717) is 0 Å². The molecule has 0 aromatic heterocycles. The molecule has 2 rings (SSSR count). The van der Waals surface area contributed by atoms with E-state index in [1.54, 1.807) is 0 Å². The SMILES string of the molecule is CC(N[S@+]([O-])C(C)(C)C)c1ccc2c(c1)CCC2. The molecule has 0 heterocycles. The van der Waals surface area contributed by atoms with Gasteiger partial charge in [0.05, 0.1) is 6.04 Å². The van der Waals surface area contributed by atoms with Crippen LogP contribution in [0.1, 0.15) is 56.8 Å². The van der Waals surface area contributed by atoms with E-state index in [2.05, 4.69) is 29.8 Å². The van der Waals surface area contributed by atoms with Gasteiger partial charge in [0.15, 0.2) is 0 Å². The molecule has 1 aromatic rings. The van der Waals surface area contributed by atoms with E-state index in [1.165, 1.54) is 36.0 Å². The fraction of sp³-hybridized carbons (Fsp3) is 0.600. The molecule has 1 aliphatic carbocycles. The minimum atomic E-state index is -1.02. The number of nitrogens with one attached hydrogen (secondary N) is 1. The van der Waals surface area contributed by atoms with Crippen LogP contribution < -0.4 is 4.72 Å². The second-order valence-corrected chi connectivity index (χ2v) is 8.10. The van der Waals surface area contributed by atoms with Crippen LogP contribution in [0.3, 0.4) is 0 Å². The fourth-order valence-electron chi connectivity index (χ4n) is 2.27. The molecule has 1 unspecified atom stereocenters. The van der Waals surface area contributed by atoms with Crippen molar-refractivity contribution in [1.29, 1.82) is 0 Å². The summed E-state index contributed by atoms with van der Waals surface area (Å²) < 4.78 is 15.1. The Morgan fingerprint density at radius 3 is 2.56 bits per heavy atom. The van der Waals surface area contributed by atoms with Crippen LogP contribution >= 0.6 is 0 Å². The third kappa shape index (κ3) is 3.08. The van der Waals surface area contributed by atoms with Crippen LogP contribution in [-0.2, 0) is 24.2 Å². The summed E-state index contributed by atoms with van der Waals surface area (Å²) in [5.41, 5.74) is 4.21. The lowest BCUT2D eigenvalue weighted by molar-refractivity contribution is 0.531. The largest absolute Gasteiger partial charge is 0.598 e. The molecule has 1 aliphatic rings. The third-order valence-corrected chi connectivity index (χ3v) is 5.14. The maximum absolute atomic E-state index is 12.1. The molecule has 1 N–H and O–H groups in total. The first-order chi connectivity index (χ1) is 8.38. The molecule has 0 amide bonds. The molecular formula is C15H23NOS. The number of hydrogen-bond donors (Lipinski definition) is 1. The van der Waals surface area contributed by atoms with Crippen molar-refractivity contribution in [3.05, 3.63) is 34.9 Å². The number of aryl methyl sites for hydroxylation is 2. The molecule has 2 nitrogen and oxygen atoms in total. The number of hydrogen-bond acceptors (Lipinski definition) is 2. The molecule has 3 heteroatoms. The Labute approximate surface area is 113 Å². The molecule has 0 bridgehead atoms. The molecule has 100 valence electrons. The van der Waals surface area contributed by atoms with E-state index in [1.807, 2.05) is 20.8 Å². The molecule has 0 fully saturated rings. The maximum Gasteiger partial charge on any atom is 0.136 e. The van der Waals surface area contributed by atoms with Crippen LogP contribution in [0, 0.1) is 0 Å². The van der Waals surface area contributed by atoms with Crippen LogP contribution in [0.2, 0.25) is 0 Å². The molecule has 2 atom stereocenters. The van der Waals surface area contributed by atoms with Crippen molar-refractivity contribution >= 4 is 11.4 Å². The van der Waals surface area contributed by atoms with Crippen molar-refractivity contribution < 1.29 is 4.55 Å². The summed E-state index contributed by atoms with van der Waals surface area (Å²) in [5.74, 6) is 0. The Morgan fingerprint density at radius 1 is 1.22 bits per heavy atom. The Balaban J connectivity index is 2.07. The summed E-state index contributed by atoms with van der Waals surface area (Å²) in [6.07, 6.45) is 3.68. The summed E-state index contributed by atoms with van der Waals surface area (Å²) in [4.78, 5) is 0. The average Bonchev–Trinajstić information content (AvgIpc) is 2.74. The van der Waals surface area contributed by atoms with Gasteiger partial charge in [-0.2, -0.15) is 0 Å². The van der Waals surface area contributed by atoms with Crippen molar-refractivity contribution in [1.82, 2.24) is 4.72 Å². The van der Waals surface area contributed by atoms with Crippen LogP contribution in [0.5, 0.6) is 0 Å². The first-order valence-corrected chi connectivity index (χ1v) is 7.82. The second kappa shape index (κ2) is 5.24. The average molecular weight is 265 g/mol. The number of benzene rings is 1. The normalized spacial score (nSPS) is 18.5. The quantitative estimate of drug-likeness (QED) is 0.851. The van der Waals surface area contributed by atoms with Gasteiger partial charge in [-0.25, -0.2) is 0 Å². The van der Waals surface area contributed by atoms with Gasteiger partial charge >= 0.3 is 0 Å². The molecule has 0 aliphatic heterocycles. The van der Waals surface area contributed by atoms with Gasteiger partial charge in [0.1, 0.15) is 4.75 Å². The number of fused-ring (bicyclic) bond motifs is 1. The van der Waals surface area contributed by atoms with Gasteiger partial charge < -0.3 is 4.55 Å². The highest BCUT2D eigenvalue weighted by atomic mass is 32.2. The molecule has 0 spiro atoms. The number of rotatable bonds is 3. The van der Waals surface area contributed by atoms with Gasteiger partial charge in [0.25, 0.3) is 0 Å². The van der Waals surface area contributed by atoms with E-state index >= 15 is 0 Å². The lowest BCUT2D eigenvalue weighted by atomic mass is 10.0. The molecule has 0 saturated carbocycles. The monoisotopic (exact) mass is 265 g/mol. The van der Waals surface area contributed by atoms with Gasteiger partial charge in [-0.3, -0.25) is 0 Å². The molecule has 1 aromatic carbocycles. The topological polar surface area (TPSA) is 35.1 Å². The minimum Gasteiger partial charge on any atom is -0.598 e. The zero-order valence-corrected chi connectivity index (χ0v) is 12.6. The predicted molar refractivity (Wildman–Crippen MR) is 77.9 cm³/mol. The lowest BCUT2D eigenvalue weighted by Gasteiger charge is -2.26. The summed E-state index contributed by atoms with van der Waals surface area (Å²) in [6, 6.07) is 6.81. The Hall–Kier alpha value is -0.510. The summed E-state index contributed by atoms with van der Waals surface area (Å²) in [6.45, 7) is 8.06.